The Morgan fingerprint density at radius 3 is 2.52 bits per heavy atom. The summed E-state index contributed by atoms with van der Waals surface area (Å²) in [5, 5.41) is 15.2. The highest BCUT2D eigenvalue weighted by atomic mass is 35.5. The summed E-state index contributed by atoms with van der Waals surface area (Å²) in [6.45, 7) is 1.48. The predicted molar refractivity (Wildman–Crippen MR) is 101 cm³/mol. The number of hydrogen-bond donors (Lipinski definition) is 2. The van der Waals surface area contributed by atoms with Crippen LogP contribution in [0.4, 0.5) is 17.2 Å². The molecule has 0 spiro atoms. The predicted octanol–water partition coefficient (Wildman–Crippen LogP) is 2.74. The molecule has 0 saturated carbocycles. The van der Waals surface area contributed by atoms with Crippen LogP contribution in [0.3, 0.4) is 0 Å². The third-order valence-electron chi connectivity index (χ3n) is 3.88. The quantitative estimate of drug-likeness (QED) is 0.383. The minimum absolute atomic E-state index is 0.0879. The Labute approximate surface area is 159 Å². The summed E-state index contributed by atoms with van der Waals surface area (Å²) in [6, 6.07) is 9.48. The van der Waals surface area contributed by atoms with Crippen molar-refractivity contribution in [1.82, 2.24) is 9.78 Å². The topological polar surface area (TPSA) is 147 Å². The molecule has 0 radical (unpaired) electrons. The number of anilines is 2. The minimum atomic E-state index is -4.04. The van der Waals surface area contributed by atoms with Crippen LogP contribution in [-0.2, 0) is 9.84 Å². The number of nitrogens with zero attached hydrogens (tertiary/aromatic N) is 3. The first-order chi connectivity index (χ1) is 12.6. The number of nitro groups is 1. The molecule has 0 atom stereocenters. The minimum Gasteiger partial charge on any atom is -0.398 e. The molecule has 3 aromatic rings. The average molecular weight is 408 g/mol. The maximum absolute atomic E-state index is 13.0. The van der Waals surface area contributed by atoms with Gasteiger partial charge in [-0.15, -0.1) is 0 Å². The van der Waals surface area contributed by atoms with Gasteiger partial charge in [0, 0.05) is 12.1 Å². The smallest absolute Gasteiger partial charge is 0.271 e. The Bertz CT molecular complexity index is 1170. The number of sulfone groups is 1. The van der Waals surface area contributed by atoms with Crippen LogP contribution in [0.1, 0.15) is 5.69 Å². The molecule has 1 heterocycles. The zero-order valence-corrected chi connectivity index (χ0v) is 15.5. The van der Waals surface area contributed by atoms with Gasteiger partial charge in [-0.2, -0.15) is 5.10 Å². The lowest BCUT2D eigenvalue weighted by Gasteiger charge is -2.08. The fourth-order valence-corrected chi connectivity index (χ4v) is 4.38. The van der Waals surface area contributed by atoms with Crippen LogP contribution >= 0.6 is 11.6 Å². The fraction of sp³-hybridized carbons (Fsp3) is 0.0625. The van der Waals surface area contributed by atoms with E-state index in [0.717, 1.165) is 4.68 Å². The molecule has 27 heavy (non-hydrogen) atoms. The summed E-state index contributed by atoms with van der Waals surface area (Å²) in [5.74, 6) is -0.166. The Morgan fingerprint density at radius 2 is 1.89 bits per heavy atom. The lowest BCUT2D eigenvalue weighted by Crippen LogP contribution is -2.08. The molecular formula is C16H14ClN5O4S. The number of halogens is 1. The van der Waals surface area contributed by atoms with Gasteiger partial charge >= 0.3 is 0 Å². The van der Waals surface area contributed by atoms with Crippen LogP contribution < -0.4 is 11.5 Å². The summed E-state index contributed by atoms with van der Waals surface area (Å²) >= 11 is 5.93. The second-order valence-electron chi connectivity index (χ2n) is 5.68. The molecule has 11 heteroatoms. The van der Waals surface area contributed by atoms with E-state index < -0.39 is 14.8 Å². The number of hydrogen-bond acceptors (Lipinski definition) is 7. The third kappa shape index (κ3) is 3.20. The highest BCUT2D eigenvalue weighted by Crippen LogP contribution is 2.33. The largest absolute Gasteiger partial charge is 0.398 e. The van der Waals surface area contributed by atoms with Crippen molar-refractivity contribution < 1.29 is 13.3 Å². The van der Waals surface area contributed by atoms with Crippen molar-refractivity contribution in [2.45, 2.75) is 16.7 Å². The molecule has 0 aliphatic heterocycles. The first kappa shape index (κ1) is 18.7. The third-order valence-corrected chi connectivity index (χ3v) is 6.12. The van der Waals surface area contributed by atoms with Gasteiger partial charge in [0.1, 0.15) is 10.7 Å². The molecule has 0 unspecified atom stereocenters. The van der Waals surface area contributed by atoms with Gasteiger partial charge in [-0.25, -0.2) is 13.1 Å². The van der Waals surface area contributed by atoms with E-state index in [1.165, 1.54) is 49.4 Å². The monoisotopic (exact) mass is 407 g/mol. The Morgan fingerprint density at radius 1 is 1.19 bits per heavy atom. The maximum Gasteiger partial charge on any atom is 0.271 e. The normalized spacial score (nSPS) is 11.5. The highest BCUT2D eigenvalue weighted by molar-refractivity contribution is 7.91. The van der Waals surface area contributed by atoms with Gasteiger partial charge in [0.2, 0.25) is 9.84 Å². The number of rotatable bonds is 4. The number of benzene rings is 2. The van der Waals surface area contributed by atoms with Crippen LogP contribution in [0, 0.1) is 17.0 Å². The van der Waals surface area contributed by atoms with E-state index in [2.05, 4.69) is 5.10 Å². The average Bonchev–Trinajstić information content (AvgIpc) is 2.92. The molecule has 0 bridgehead atoms. The van der Waals surface area contributed by atoms with Gasteiger partial charge in [0.15, 0.2) is 0 Å². The van der Waals surface area contributed by atoms with Crippen molar-refractivity contribution >= 4 is 38.6 Å². The molecule has 0 amide bonds. The molecule has 140 valence electrons. The molecule has 0 saturated heterocycles. The van der Waals surface area contributed by atoms with Gasteiger partial charge in [-0.3, -0.25) is 10.1 Å². The molecule has 4 N–H and O–H groups in total. The molecule has 0 aliphatic rings. The summed E-state index contributed by atoms with van der Waals surface area (Å²) < 4.78 is 27.2. The van der Waals surface area contributed by atoms with Gasteiger partial charge in [-0.05, 0) is 31.2 Å². The van der Waals surface area contributed by atoms with Crippen molar-refractivity contribution in [3.05, 3.63) is 63.3 Å². The van der Waals surface area contributed by atoms with Crippen LogP contribution in [-0.4, -0.2) is 23.1 Å². The Balaban J connectivity index is 2.17. The van der Waals surface area contributed by atoms with E-state index in [0.29, 0.717) is 0 Å². The summed E-state index contributed by atoms with van der Waals surface area (Å²) in [5.41, 5.74) is 12.2. The van der Waals surface area contributed by atoms with E-state index in [-0.39, 0.29) is 43.4 Å². The van der Waals surface area contributed by atoms with Crippen LogP contribution in [0.15, 0.2) is 52.3 Å². The number of aromatic nitrogens is 2. The molecular weight excluding hydrogens is 394 g/mol. The van der Waals surface area contributed by atoms with E-state index >= 15 is 0 Å². The zero-order chi connectivity index (χ0) is 19.9. The summed E-state index contributed by atoms with van der Waals surface area (Å²) in [7, 11) is -4.04. The second-order valence-corrected chi connectivity index (χ2v) is 7.97. The zero-order valence-electron chi connectivity index (χ0n) is 14.0. The number of nitrogen functional groups attached to an aromatic ring is 2. The van der Waals surface area contributed by atoms with Crippen molar-refractivity contribution in [2.24, 2.45) is 0 Å². The van der Waals surface area contributed by atoms with Crippen molar-refractivity contribution in [2.75, 3.05) is 11.5 Å². The Hall–Kier alpha value is -3.11. The van der Waals surface area contributed by atoms with Crippen LogP contribution in [0.25, 0.3) is 5.69 Å². The van der Waals surface area contributed by atoms with Crippen molar-refractivity contribution in [3.63, 3.8) is 0 Å². The highest BCUT2D eigenvalue weighted by Gasteiger charge is 2.28. The van der Waals surface area contributed by atoms with E-state index in [4.69, 9.17) is 23.1 Å². The van der Waals surface area contributed by atoms with Crippen LogP contribution in [0.2, 0.25) is 5.02 Å². The molecule has 0 fully saturated rings. The SMILES string of the molecule is Cc1nn(-c2cccc([N+](=O)[O-])c2)c(N)c1S(=O)(=O)c1ccc(N)c(Cl)c1. The van der Waals surface area contributed by atoms with E-state index in [9.17, 15) is 18.5 Å². The second kappa shape index (κ2) is 6.56. The van der Waals surface area contributed by atoms with Gasteiger partial charge in [0.25, 0.3) is 5.69 Å². The van der Waals surface area contributed by atoms with Crippen molar-refractivity contribution in [1.29, 1.82) is 0 Å². The first-order valence-corrected chi connectivity index (χ1v) is 9.39. The van der Waals surface area contributed by atoms with Gasteiger partial charge in [0.05, 0.1) is 31.9 Å². The number of non-ortho nitro benzene ring substituents is 1. The molecule has 0 aliphatic carbocycles. The van der Waals surface area contributed by atoms with Crippen LogP contribution in [0.5, 0.6) is 0 Å². The number of aryl methyl sites for hydroxylation is 1. The summed E-state index contributed by atoms with van der Waals surface area (Å²) in [4.78, 5) is 10.1. The molecule has 9 nitrogen and oxygen atoms in total. The Kier molecular flexibility index (Phi) is 4.54. The van der Waals surface area contributed by atoms with E-state index in [1.807, 2.05) is 0 Å². The molecule has 1 aromatic heterocycles. The van der Waals surface area contributed by atoms with Gasteiger partial charge < -0.3 is 11.5 Å². The lowest BCUT2D eigenvalue weighted by atomic mass is 10.3. The van der Waals surface area contributed by atoms with E-state index in [1.54, 1.807) is 0 Å². The summed E-state index contributed by atoms with van der Waals surface area (Å²) in [6.07, 6.45) is 0. The number of nitro benzene ring substituents is 1. The standard InChI is InChI=1S/C16H14ClN5O4S/c1-9-15(27(25,26)12-5-6-14(18)13(17)8-12)16(19)21(20-9)10-3-2-4-11(7-10)22(23)24/h2-8H,18-19H2,1H3. The molecule has 3 rings (SSSR count). The molecule has 2 aromatic carbocycles. The lowest BCUT2D eigenvalue weighted by molar-refractivity contribution is -0.384. The fourth-order valence-electron chi connectivity index (χ4n) is 2.59. The maximum atomic E-state index is 13.0. The first-order valence-electron chi connectivity index (χ1n) is 7.53. The number of nitrogens with two attached hydrogens (primary N) is 2. The van der Waals surface area contributed by atoms with Crippen molar-refractivity contribution in [3.8, 4) is 5.69 Å². The van der Waals surface area contributed by atoms with Gasteiger partial charge in [-0.1, -0.05) is 17.7 Å².